The fourth-order valence-corrected chi connectivity index (χ4v) is 1.64. The summed E-state index contributed by atoms with van der Waals surface area (Å²) in [7, 11) is 0. The van der Waals surface area contributed by atoms with Crippen molar-refractivity contribution in [2.75, 3.05) is 6.61 Å². The number of hydrogen-bond donors (Lipinski definition) is 3. The minimum absolute atomic E-state index is 0.110. The molecule has 0 bridgehead atoms. The zero-order valence-electron chi connectivity index (χ0n) is 7.92. The van der Waals surface area contributed by atoms with Crippen molar-refractivity contribution in [2.24, 2.45) is 5.73 Å². The fraction of sp³-hybridized carbons (Fsp3) is 0.333. The van der Waals surface area contributed by atoms with E-state index in [1.165, 1.54) is 0 Å². The summed E-state index contributed by atoms with van der Waals surface area (Å²) in [5, 5.41) is 18.2. The summed E-state index contributed by atoms with van der Waals surface area (Å²) in [5.41, 5.74) is 4.29. The summed E-state index contributed by atoms with van der Waals surface area (Å²) in [6.07, 6.45) is -4.53. The maximum Gasteiger partial charge on any atom is 0.416 e. The van der Waals surface area contributed by atoms with Crippen LogP contribution in [0, 0.1) is 0 Å². The molecule has 0 aromatic heterocycles. The highest BCUT2D eigenvalue weighted by molar-refractivity contribution is 9.10. The minimum atomic E-state index is -4.53. The number of aromatic hydroxyl groups is 1. The van der Waals surface area contributed by atoms with E-state index < -0.39 is 30.1 Å². The van der Waals surface area contributed by atoms with Crippen molar-refractivity contribution in [3.63, 3.8) is 0 Å². The molecule has 7 heteroatoms. The molecule has 16 heavy (non-hydrogen) atoms. The molecular weight excluding hydrogens is 291 g/mol. The van der Waals surface area contributed by atoms with Gasteiger partial charge >= 0.3 is 6.18 Å². The molecule has 90 valence electrons. The Morgan fingerprint density at radius 1 is 1.38 bits per heavy atom. The number of halogens is 4. The molecule has 0 aliphatic rings. The van der Waals surface area contributed by atoms with E-state index in [4.69, 9.17) is 10.8 Å². The van der Waals surface area contributed by atoms with Crippen LogP contribution in [0.15, 0.2) is 16.6 Å². The molecule has 0 fully saturated rings. The molecule has 0 aliphatic heterocycles. The van der Waals surface area contributed by atoms with Crippen molar-refractivity contribution in [3.8, 4) is 5.75 Å². The lowest BCUT2D eigenvalue weighted by atomic mass is 10.0. The summed E-state index contributed by atoms with van der Waals surface area (Å²) >= 11 is 2.80. The number of hydrogen-bond acceptors (Lipinski definition) is 3. The summed E-state index contributed by atoms with van der Waals surface area (Å²) in [4.78, 5) is 0. The minimum Gasteiger partial charge on any atom is -0.506 e. The van der Waals surface area contributed by atoms with Gasteiger partial charge in [-0.15, -0.1) is 0 Å². The fourth-order valence-electron chi connectivity index (χ4n) is 1.16. The Morgan fingerprint density at radius 2 is 1.94 bits per heavy atom. The quantitative estimate of drug-likeness (QED) is 0.784. The van der Waals surface area contributed by atoms with Crippen LogP contribution in [-0.2, 0) is 6.18 Å². The topological polar surface area (TPSA) is 66.5 Å². The largest absolute Gasteiger partial charge is 0.506 e. The van der Waals surface area contributed by atoms with E-state index in [2.05, 4.69) is 15.9 Å². The number of aliphatic hydroxyl groups is 1. The Hall–Kier alpha value is -0.790. The van der Waals surface area contributed by atoms with E-state index in [0.717, 1.165) is 12.1 Å². The van der Waals surface area contributed by atoms with Gasteiger partial charge in [0.25, 0.3) is 0 Å². The van der Waals surface area contributed by atoms with Crippen LogP contribution < -0.4 is 5.73 Å². The summed E-state index contributed by atoms with van der Waals surface area (Å²) in [5.74, 6) is -0.394. The van der Waals surface area contributed by atoms with Gasteiger partial charge in [0, 0.05) is 5.56 Å². The van der Waals surface area contributed by atoms with Crippen molar-refractivity contribution in [1.82, 2.24) is 0 Å². The first-order chi connectivity index (χ1) is 7.27. The lowest BCUT2D eigenvalue weighted by Crippen LogP contribution is -2.16. The molecule has 0 saturated heterocycles. The Balaban J connectivity index is 3.33. The van der Waals surface area contributed by atoms with Crippen molar-refractivity contribution in [1.29, 1.82) is 0 Å². The van der Waals surface area contributed by atoms with Crippen LogP contribution >= 0.6 is 15.9 Å². The Bertz CT molecular complexity index is 395. The van der Waals surface area contributed by atoms with Gasteiger partial charge in [-0.2, -0.15) is 13.2 Å². The molecule has 0 heterocycles. The van der Waals surface area contributed by atoms with Crippen molar-refractivity contribution >= 4 is 15.9 Å². The van der Waals surface area contributed by atoms with Crippen molar-refractivity contribution in [2.45, 2.75) is 12.2 Å². The standard InChI is InChI=1S/C9H9BrF3NO2/c10-6-2-4(9(11,12)13)1-5(8(6)16)7(14)3-15/h1-2,7,15-16H,3,14H2/t7-/m1/s1. The van der Waals surface area contributed by atoms with Crippen LogP contribution in [-0.4, -0.2) is 16.8 Å². The van der Waals surface area contributed by atoms with Crippen LogP contribution in [0.4, 0.5) is 13.2 Å². The monoisotopic (exact) mass is 299 g/mol. The van der Waals surface area contributed by atoms with E-state index >= 15 is 0 Å². The number of alkyl halides is 3. The summed E-state index contributed by atoms with van der Waals surface area (Å²) in [6.45, 7) is -0.554. The van der Waals surface area contributed by atoms with Crippen LogP contribution in [0.1, 0.15) is 17.2 Å². The van der Waals surface area contributed by atoms with E-state index in [1.54, 1.807) is 0 Å². The molecule has 0 spiro atoms. The number of benzene rings is 1. The van der Waals surface area contributed by atoms with E-state index in [1.807, 2.05) is 0 Å². The maximum atomic E-state index is 12.4. The molecular formula is C9H9BrF3NO2. The first-order valence-electron chi connectivity index (χ1n) is 4.23. The second kappa shape index (κ2) is 4.60. The second-order valence-electron chi connectivity index (χ2n) is 3.18. The Labute approximate surface area is 97.8 Å². The van der Waals surface area contributed by atoms with Gasteiger partial charge < -0.3 is 15.9 Å². The predicted octanol–water partition coefficient (Wildman–Crippen LogP) is 2.17. The highest BCUT2D eigenvalue weighted by atomic mass is 79.9. The average Bonchev–Trinajstić information content (AvgIpc) is 2.19. The van der Waals surface area contributed by atoms with Crippen LogP contribution in [0.3, 0.4) is 0 Å². The first-order valence-corrected chi connectivity index (χ1v) is 5.02. The van der Waals surface area contributed by atoms with Crippen LogP contribution in [0.5, 0.6) is 5.75 Å². The molecule has 0 unspecified atom stereocenters. The third kappa shape index (κ3) is 2.66. The van der Waals surface area contributed by atoms with E-state index in [9.17, 15) is 18.3 Å². The Kier molecular flexibility index (Phi) is 3.82. The van der Waals surface area contributed by atoms with Gasteiger partial charge in [0.2, 0.25) is 0 Å². The summed E-state index contributed by atoms with van der Waals surface area (Å²) < 4.78 is 37.2. The van der Waals surface area contributed by atoms with Gasteiger partial charge in [0.05, 0.1) is 22.7 Å². The molecule has 0 saturated carbocycles. The van der Waals surface area contributed by atoms with E-state index in [-0.39, 0.29) is 10.0 Å². The molecule has 0 aliphatic carbocycles. The third-order valence-corrected chi connectivity index (χ3v) is 2.62. The Morgan fingerprint density at radius 3 is 2.38 bits per heavy atom. The average molecular weight is 300 g/mol. The van der Waals surface area contributed by atoms with Crippen molar-refractivity contribution < 1.29 is 23.4 Å². The van der Waals surface area contributed by atoms with Gasteiger partial charge in [-0.1, -0.05) is 0 Å². The molecule has 0 radical (unpaired) electrons. The van der Waals surface area contributed by atoms with Gasteiger partial charge in [0.15, 0.2) is 0 Å². The highest BCUT2D eigenvalue weighted by Gasteiger charge is 2.32. The zero-order chi connectivity index (χ0) is 12.5. The van der Waals surface area contributed by atoms with Gasteiger partial charge in [-0.25, -0.2) is 0 Å². The molecule has 0 amide bonds. The molecule has 1 aromatic carbocycles. The lowest BCUT2D eigenvalue weighted by molar-refractivity contribution is -0.137. The first kappa shape index (κ1) is 13.3. The zero-order valence-corrected chi connectivity index (χ0v) is 9.51. The van der Waals surface area contributed by atoms with Crippen LogP contribution in [0.2, 0.25) is 0 Å². The van der Waals surface area contributed by atoms with E-state index in [0.29, 0.717) is 0 Å². The SMILES string of the molecule is N[C@H](CO)c1cc(C(F)(F)F)cc(Br)c1O. The number of phenols is 1. The second-order valence-corrected chi connectivity index (χ2v) is 4.04. The number of aliphatic hydroxyl groups excluding tert-OH is 1. The maximum absolute atomic E-state index is 12.4. The van der Waals surface area contributed by atoms with Crippen molar-refractivity contribution in [3.05, 3.63) is 27.7 Å². The third-order valence-electron chi connectivity index (χ3n) is 2.02. The number of phenolic OH excluding ortho intramolecular Hbond substituents is 1. The summed E-state index contributed by atoms with van der Waals surface area (Å²) in [6, 6.07) is 0.419. The normalized spacial score (nSPS) is 13.9. The lowest BCUT2D eigenvalue weighted by Gasteiger charge is -2.15. The molecule has 1 rings (SSSR count). The number of nitrogens with two attached hydrogens (primary N) is 1. The van der Waals surface area contributed by atoms with Gasteiger partial charge in [-0.05, 0) is 28.1 Å². The number of rotatable bonds is 2. The van der Waals surface area contributed by atoms with Gasteiger partial charge in [-0.3, -0.25) is 0 Å². The molecule has 1 aromatic rings. The molecule has 4 N–H and O–H groups in total. The predicted molar refractivity (Wildman–Crippen MR) is 54.8 cm³/mol. The highest BCUT2D eigenvalue weighted by Crippen LogP contribution is 2.38. The molecule has 1 atom stereocenters. The van der Waals surface area contributed by atoms with Gasteiger partial charge in [0.1, 0.15) is 5.75 Å². The smallest absolute Gasteiger partial charge is 0.416 e. The molecule has 3 nitrogen and oxygen atoms in total. The van der Waals surface area contributed by atoms with Crippen LogP contribution in [0.25, 0.3) is 0 Å².